The normalized spacial score (nSPS) is 22.0. The van der Waals surface area contributed by atoms with Crippen molar-refractivity contribution in [3.63, 3.8) is 0 Å². The maximum Gasteiger partial charge on any atom is 0.289 e. The highest BCUT2D eigenvalue weighted by Crippen LogP contribution is 2.40. The van der Waals surface area contributed by atoms with Crippen LogP contribution in [0.5, 0.6) is 0 Å². The number of hydrogen-bond acceptors (Lipinski definition) is 5. The van der Waals surface area contributed by atoms with Gasteiger partial charge in [0.15, 0.2) is 5.82 Å². The molecule has 2 aliphatic heterocycles. The van der Waals surface area contributed by atoms with Crippen LogP contribution in [0.15, 0.2) is 30.3 Å². The number of fused-ring (bicyclic) bond motifs is 2. The maximum absolute atomic E-state index is 13.0. The molecule has 1 saturated heterocycles. The van der Waals surface area contributed by atoms with E-state index in [1.54, 1.807) is 0 Å². The molecule has 1 aromatic carbocycles. The molecule has 172 valence electrons. The molecule has 1 aromatic heterocycles. The van der Waals surface area contributed by atoms with Gasteiger partial charge in [-0.25, -0.2) is 0 Å². The molecule has 2 aromatic rings. The quantitative estimate of drug-likeness (QED) is 0.781. The summed E-state index contributed by atoms with van der Waals surface area (Å²) in [5.41, 5.74) is 1.24. The zero-order valence-electron chi connectivity index (χ0n) is 19.3. The Hall–Kier alpha value is -2.25. The highest BCUT2D eigenvalue weighted by molar-refractivity contribution is 5.90. The lowest BCUT2D eigenvalue weighted by molar-refractivity contribution is 0.00613. The molecular formula is C25H36N6O. The fourth-order valence-electron chi connectivity index (χ4n) is 5.90. The van der Waals surface area contributed by atoms with Crippen LogP contribution in [-0.2, 0) is 18.6 Å². The standard InChI is InChI=1S/C25H36N6O/c1-29-16-17-31-22(23(32)26-18-20-8-4-2-5-9-20)27-28-24(31)25(29)12-14-30(15-13-25)19-21-10-6-3-7-11-21/h3,6-7,10-11,20H,2,4-5,8-9,12-19H2,1H3,(H,26,32). The summed E-state index contributed by atoms with van der Waals surface area (Å²) in [6.07, 6.45) is 8.39. The fourth-order valence-corrected chi connectivity index (χ4v) is 5.90. The second-order valence-electron chi connectivity index (χ2n) is 9.93. The lowest BCUT2D eigenvalue weighted by Gasteiger charge is -2.49. The zero-order chi connectivity index (χ0) is 22.0. The summed E-state index contributed by atoms with van der Waals surface area (Å²) in [5, 5.41) is 12.2. The minimum absolute atomic E-state index is 0.0597. The van der Waals surface area contributed by atoms with Gasteiger partial charge in [0.25, 0.3) is 5.91 Å². The molecule has 5 rings (SSSR count). The molecule has 1 spiro atoms. The molecule has 0 radical (unpaired) electrons. The van der Waals surface area contributed by atoms with Crippen molar-refractivity contribution in [1.82, 2.24) is 29.9 Å². The van der Waals surface area contributed by atoms with Gasteiger partial charge in [0.2, 0.25) is 5.82 Å². The van der Waals surface area contributed by atoms with Crippen LogP contribution in [-0.4, -0.2) is 63.7 Å². The van der Waals surface area contributed by atoms with E-state index in [2.05, 4.69) is 67.3 Å². The summed E-state index contributed by atoms with van der Waals surface area (Å²) in [5.74, 6) is 2.03. The Labute approximate surface area is 191 Å². The molecule has 1 amide bonds. The third-order valence-electron chi connectivity index (χ3n) is 7.97. The number of benzene rings is 1. The average Bonchev–Trinajstić information content (AvgIpc) is 3.28. The van der Waals surface area contributed by atoms with Crippen LogP contribution in [0.3, 0.4) is 0 Å². The highest BCUT2D eigenvalue weighted by Gasteiger charge is 2.46. The smallest absolute Gasteiger partial charge is 0.289 e. The van der Waals surface area contributed by atoms with Crippen molar-refractivity contribution in [3.05, 3.63) is 47.5 Å². The van der Waals surface area contributed by atoms with Crippen LogP contribution in [0, 0.1) is 5.92 Å². The minimum Gasteiger partial charge on any atom is -0.349 e. The molecule has 0 bridgehead atoms. The Bertz CT molecular complexity index is 912. The summed E-state index contributed by atoms with van der Waals surface area (Å²) >= 11 is 0. The molecule has 32 heavy (non-hydrogen) atoms. The molecule has 0 atom stereocenters. The highest BCUT2D eigenvalue weighted by atomic mass is 16.2. The van der Waals surface area contributed by atoms with Crippen LogP contribution < -0.4 is 5.32 Å². The van der Waals surface area contributed by atoms with Crippen LogP contribution in [0.2, 0.25) is 0 Å². The van der Waals surface area contributed by atoms with Crippen molar-refractivity contribution in [1.29, 1.82) is 0 Å². The Morgan fingerprint density at radius 1 is 1.03 bits per heavy atom. The zero-order valence-corrected chi connectivity index (χ0v) is 19.3. The van der Waals surface area contributed by atoms with Crippen molar-refractivity contribution >= 4 is 5.91 Å². The van der Waals surface area contributed by atoms with E-state index in [1.807, 2.05) is 0 Å². The van der Waals surface area contributed by atoms with Crippen molar-refractivity contribution in [2.45, 2.75) is 63.6 Å². The number of likely N-dealkylation sites (N-methyl/N-ethyl adjacent to an activating group) is 1. The lowest BCUT2D eigenvalue weighted by atomic mass is 9.83. The monoisotopic (exact) mass is 436 g/mol. The number of likely N-dealkylation sites (tertiary alicyclic amines) is 1. The molecule has 3 heterocycles. The maximum atomic E-state index is 13.0. The Kier molecular flexibility index (Phi) is 6.28. The summed E-state index contributed by atoms with van der Waals surface area (Å²) in [7, 11) is 2.20. The van der Waals surface area contributed by atoms with E-state index >= 15 is 0 Å². The predicted octanol–water partition coefficient (Wildman–Crippen LogP) is 3.02. The number of piperidine rings is 1. The van der Waals surface area contributed by atoms with E-state index in [-0.39, 0.29) is 11.4 Å². The van der Waals surface area contributed by atoms with Crippen LogP contribution in [0.1, 0.15) is 67.0 Å². The number of rotatable bonds is 5. The molecule has 0 unspecified atom stereocenters. The molecule has 1 saturated carbocycles. The average molecular weight is 437 g/mol. The second kappa shape index (κ2) is 9.32. The first kappa shape index (κ1) is 21.6. The molecule has 1 aliphatic carbocycles. The number of nitrogens with one attached hydrogen (secondary N) is 1. The van der Waals surface area contributed by atoms with Gasteiger partial charge >= 0.3 is 0 Å². The lowest BCUT2D eigenvalue weighted by Crippen LogP contribution is -2.56. The van der Waals surface area contributed by atoms with Crippen LogP contribution in [0.25, 0.3) is 0 Å². The molecule has 7 heteroatoms. The first-order valence-corrected chi connectivity index (χ1v) is 12.4. The first-order valence-electron chi connectivity index (χ1n) is 12.4. The van der Waals surface area contributed by atoms with Gasteiger partial charge in [-0.1, -0.05) is 49.6 Å². The summed E-state index contributed by atoms with van der Waals surface area (Å²) in [6.45, 7) is 5.50. The third kappa shape index (κ3) is 4.20. The molecule has 3 aliphatic rings. The van der Waals surface area contributed by atoms with E-state index in [1.165, 1.54) is 37.7 Å². The van der Waals surface area contributed by atoms with Gasteiger partial charge < -0.3 is 9.88 Å². The third-order valence-corrected chi connectivity index (χ3v) is 7.97. The van der Waals surface area contributed by atoms with Crippen LogP contribution >= 0.6 is 0 Å². The van der Waals surface area contributed by atoms with Crippen molar-refractivity contribution in [3.8, 4) is 0 Å². The van der Waals surface area contributed by atoms with Gasteiger partial charge in [0.05, 0.1) is 5.54 Å². The molecule has 2 fully saturated rings. The molecule has 7 nitrogen and oxygen atoms in total. The number of amides is 1. The first-order chi connectivity index (χ1) is 15.7. The number of aromatic nitrogens is 3. The van der Waals surface area contributed by atoms with Gasteiger partial charge in [-0.15, -0.1) is 10.2 Å². The van der Waals surface area contributed by atoms with Crippen molar-refractivity contribution in [2.75, 3.05) is 33.2 Å². The van der Waals surface area contributed by atoms with E-state index in [9.17, 15) is 4.79 Å². The predicted molar refractivity (Wildman–Crippen MR) is 124 cm³/mol. The fraction of sp³-hybridized carbons (Fsp3) is 0.640. The summed E-state index contributed by atoms with van der Waals surface area (Å²) in [4.78, 5) is 17.9. The summed E-state index contributed by atoms with van der Waals surface area (Å²) in [6, 6.07) is 10.7. The number of carbonyl (C=O) groups excluding carboxylic acids is 1. The van der Waals surface area contributed by atoms with E-state index in [0.29, 0.717) is 11.7 Å². The number of hydrogen-bond donors (Lipinski definition) is 1. The number of nitrogens with zero attached hydrogens (tertiary/aromatic N) is 5. The number of carbonyl (C=O) groups is 1. The second-order valence-corrected chi connectivity index (χ2v) is 9.93. The van der Waals surface area contributed by atoms with Crippen molar-refractivity contribution in [2.24, 2.45) is 5.92 Å². The van der Waals surface area contributed by atoms with E-state index in [4.69, 9.17) is 0 Å². The molecular weight excluding hydrogens is 400 g/mol. The SMILES string of the molecule is CN1CCn2c(C(=O)NCC3CCCCC3)nnc2C12CCN(Cc1ccccc1)CC2. The van der Waals surface area contributed by atoms with Gasteiger partial charge in [-0.05, 0) is 44.2 Å². The Morgan fingerprint density at radius 3 is 2.53 bits per heavy atom. The van der Waals surface area contributed by atoms with Gasteiger partial charge in [-0.2, -0.15) is 0 Å². The van der Waals surface area contributed by atoms with E-state index in [0.717, 1.165) is 57.9 Å². The topological polar surface area (TPSA) is 66.3 Å². The van der Waals surface area contributed by atoms with Crippen molar-refractivity contribution < 1.29 is 4.79 Å². The summed E-state index contributed by atoms with van der Waals surface area (Å²) < 4.78 is 2.10. The molecule has 1 N–H and O–H groups in total. The van der Waals surface area contributed by atoms with Gasteiger partial charge in [-0.3, -0.25) is 14.6 Å². The van der Waals surface area contributed by atoms with Crippen LogP contribution in [0.4, 0.5) is 0 Å². The Balaban J connectivity index is 1.27. The van der Waals surface area contributed by atoms with Gasteiger partial charge in [0, 0.05) is 39.3 Å². The largest absolute Gasteiger partial charge is 0.349 e. The minimum atomic E-state index is -0.125. The van der Waals surface area contributed by atoms with Gasteiger partial charge in [0.1, 0.15) is 0 Å². The van der Waals surface area contributed by atoms with E-state index < -0.39 is 0 Å². The Morgan fingerprint density at radius 2 is 1.78 bits per heavy atom.